The third-order valence-corrected chi connectivity index (χ3v) is 4.71. The molecule has 9 heteroatoms. The van der Waals surface area contributed by atoms with Crippen molar-refractivity contribution in [3.8, 4) is 0 Å². The molecule has 21 heavy (non-hydrogen) atoms. The van der Waals surface area contributed by atoms with Crippen LogP contribution < -0.4 is 4.72 Å². The van der Waals surface area contributed by atoms with Gasteiger partial charge >= 0.3 is 0 Å². The molecule has 0 spiro atoms. The van der Waals surface area contributed by atoms with Crippen molar-refractivity contribution in [1.29, 1.82) is 0 Å². The number of hydrogen-bond acceptors (Lipinski definition) is 2. The maximum Gasteiger partial charge on any atom is 0.267 e. The largest absolute Gasteiger partial charge is 0.278 e. The van der Waals surface area contributed by atoms with Crippen LogP contribution in [0.1, 0.15) is 0 Å². The van der Waals surface area contributed by atoms with Crippen molar-refractivity contribution in [1.82, 2.24) is 0 Å². The van der Waals surface area contributed by atoms with Gasteiger partial charge in [0, 0.05) is 21.6 Å². The fourth-order valence-electron chi connectivity index (χ4n) is 1.55. The van der Waals surface area contributed by atoms with Gasteiger partial charge < -0.3 is 0 Å². The molecule has 0 bridgehead atoms. The minimum atomic E-state index is -4.57. The third-order valence-electron chi connectivity index (χ3n) is 2.41. The summed E-state index contributed by atoms with van der Waals surface area (Å²) < 4.78 is 66.2. The third kappa shape index (κ3) is 3.50. The van der Waals surface area contributed by atoms with Crippen LogP contribution in [-0.4, -0.2) is 8.42 Å². The summed E-state index contributed by atoms with van der Waals surface area (Å²) in [6.45, 7) is 0. The van der Waals surface area contributed by atoms with E-state index in [2.05, 4.69) is 15.9 Å². The molecule has 2 rings (SSSR count). The van der Waals surface area contributed by atoms with E-state index in [4.69, 9.17) is 11.6 Å². The minimum Gasteiger partial charge on any atom is -0.278 e. The maximum atomic E-state index is 13.5. The van der Waals surface area contributed by atoms with Crippen LogP contribution in [0.15, 0.2) is 39.7 Å². The summed E-state index contributed by atoms with van der Waals surface area (Å²) in [7, 11) is -4.57. The Labute approximate surface area is 131 Å². The highest BCUT2D eigenvalue weighted by molar-refractivity contribution is 9.10. The van der Waals surface area contributed by atoms with Gasteiger partial charge in [-0.2, -0.15) is 0 Å². The average Bonchev–Trinajstić information content (AvgIpc) is 2.30. The van der Waals surface area contributed by atoms with E-state index in [-0.39, 0.29) is 22.3 Å². The second kappa shape index (κ2) is 5.86. The highest BCUT2D eigenvalue weighted by atomic mass is 79.9. The fourth-order valence-corrected chi connectivity index (χ4v) is 3.67. The average molecular weight is 401 g/mol. The molecular formula is C12H6BrClF3NO2S. The van der Waals surface area contributed by atoms with E-state index in [1.807, 2.05) is 4.72 Å². The van der Waals surface area contributed by atoms with E-state index in [1.54, 1.807) is 0 Å². The van der Waals surface area contributed by atoms with Gasteiger partial charge in [-0.1, -0.05) is 11.6 Å². The van der Waals surface area contributed by atoms with Crippen LogP contribution in [0.4, 0.5) is 18.9 Å². The fraction of sp³-hybridized carbons (Fsp3) is 0. The second-order valence-electron chi connectivity index (χ2n) is 3.93. The molecule has 0 saturated heterocycles. The molecule has 1 N–H and O–H groups in total. The van der Waals surface area contributed by atoms with Crippen molar-refractivity contribution in [2.24, 2.45) is 0 Å². The SMILES string of the molecule is O=S(=O)(Nc1ccc(Cl)cc1Br)c1c(F)cc(F)cc1F. The standard InChI is InChI=1S/C12H6BrClF3NO2S/c13-8-3-6(14)1-2-11(8)18-21(19,20)12-9(16)4-7(15)5-10(12)17/h1-5,18H. The Morgan fingerprint density at radius 1 is 1.05 bits per heavy atom. The Kier molecular flexibility index (Phi) is 4.50. The Hall–Kier alpha value is -1.25. The predicted octanol–water partition coefficient (Wildman–Crippen LogP) is 4.32. The lowest BCUT2D eigenvalue weighted by Crippen LogP contribution is -2.17. The van der Waals surface area contributed by atoms with E-state index in [0.29, 0.717) is 5.02 Å². The number of halogens is 5. The number of anilines is 1. The molecule has 0 aromatic heterocycles. The first-order chi connectivity index (χ1) is 9.70. The number of benzene rings is 2. The molecular weight excluding hydrogens is 395 g/mol. The summed E-state index contributed by atoms with van der Waals surface area (Å²) in [4.78, 5) is -1.26. The Bertz CT molecular complexity index is 791. The monoisotopic (exact) mass is 399 g/mol. The number of nitrogens with one attached hydrogen (secondary N) is 1. The van der Waals surface area contributed by atoms with Gasteiger partial charge in [0.25, 0.3) is 10.0 Å². The molecule has 2 aromatic carbocycles. The smallest absolute Gasteiger partial charge is 0.267 e. The summed E-state index contributed by atoms with van der Waals surface area (Å²) in [6.07, 6.45) is 0. The van der Waals surface area contributed by atoms with Crippen LogP contribution in [0.25, 0.3) is 0 Å². The molecule has 0 fully saturated rings. The first kappa shape index (κ1) is 16.1. The zero-order chi connectivity index (χ0) is 15.8. The number of hydrogen-bond donors (Lipinski definition) is 1. The molecule has 0 aliphatic heterocycles. The lowest BCUT2D eigenvalue weighted by atomic mass is 10.3. The van der Waals surface area contributed by atoms with Gasteiger partial charge in [-0.3, -0.25) is 4.72 Å². The van der Waals surface area contributed by atoms with Crippen molar-refractivity contribution < 1.29 is 21.6 Å². The van der Waals surface area contributed by atoms with Crippen LogP contribution in [-0.2, 0) is 10.0 Å². The lowest BCUT2D eigenvalue weighted by molar-refractivity contribution is 0.498. The first-order valence-corrected chi connectivity index (χ1v) is 7.98. The lowest BCUT2D eigenvalue weighted by Gasteiger charge is -2.11. The van der Waals surface area contributed by atoms with Crippen molar-refractivity contribution >= 4 is 43.2 Å². The van der Waals surface area contributed by atoms with Gasteiger partial charge in [0.1, 0.15) is 17.5 Å². The van der Waals surface area contributed by atoms with E-state index in [1.165, 1.54) is 18.2 Å². The van der Waals surface area contributed by atoms with Gasteiger partial charge in [-0.15, -0.1) is 0 Å². The van der Waals surface area contributed by atoms with Gasteiger partial charge in [0.2, 0.25) is 0 Å². The first-order valence-electron chi connectivity index (χ1n) is 5.33. The minimum absolute atomic E-state index is 0.0301. The zero-order valence-corrected chi connectivity index (χ0v) is 13.2. The normalized spacial score (nSPS) is 11.5. The van der Waals surface area contributed by atoms with Crippen LogP contribution in [0, 0.1) is 17.5 Å². The number of sulfonamides is 1. The van der Waals surface area contributed by atoms with Crippen LogP contribution in [0.5, 0.6) is 0 Å². The quantitative estimate of drug-likeness (QED) is 0.834. The topological polar surface area (TPSA) is 46.2 Å². The van der Waals surface area contributed by atoms with E-state index in [0.717, 1.165) is 0 Å². The van der Waals surface area contributed by atoms with Gasteiger partial charge in [0.15, 0.2) is 4.90 Å². The van der Waals surface area contributed by atoms with E-state index >= 15 is 0 Å². The summed E-state index contributed by atoms with van der Waals surface area (Å²) in [6, 6.07) is 4.67. The summed E-state index contributed by atoms with van der Waals surface area (Å²) >= 11 is 8.77. The molecule has 0 atom stereocenters. The van der Waals surface area contributed by atoms with Crippen LogP contribution in [0.2, 0.25) is 5.02 Å². The highest BCUT2D eigenvalue weighted by Gasteiger charge is 2.25. The molecule has 3 nitrogen and oxygen atoms in total. The summed E-state index contributed by atoms with van der Waals surface area (Å²) in [5.74, 6) is -4.26. The van der Waals surface area contributed by atoms with Crippen molar-refractivity contribution in [3.63, 3.8) is 0 Å². The maximum absolute atomic E-state index is 13.5. The van der Waals surface area contributed by atoms with E-state index < -0.39 is 32.4 Å². The molecule has 0 aliphatic rings. The molecule has 0 aliphatic carbocycles. The van der Waals surface area contributed by atoms with Crippen molar-refractivity contribution in [3.05, 3.63) is 57.3 Å². The Morgan fingerprint density at radius 3 is 2.14 bits per heavy atom. The van der Waals surface area contributed by atoms with Crippen LogP contribution >= 0.6 is 27.5 Å². The summed E-state index contributed by atoms with van der Waals surface area (Å²) in [5, 5.41) is 0.337. The van der Waals surface area contributed by atoms with Crippen LogP contribution in [0.3, 0.4) is 0 Å². The summed E-state index contributed by atoms with van der Waals surface area (Å²) in [5.41, 5.74) is 0.0301. The number of rotatable bonds is 3. The Balaban J connectivity index is 2.48. The van der Waals surface area contributed by atoms with Gasteiger partial charge in [-0.25, -0.2) is 21.6 Å². The van der Waals surface area contributed by atoms with Crippen molar-refractivity contribution in [2.75, 3.05) is 4.72 Å². The molecule has 0 saturated carbocycles. The Morgan fingerprint density at radius 2 is 1.62 bits per heavy atom. The van der Waals surface area contributed by atoms with Gasteiger partial charge in [-0.05, 0) is 34.1 Å². The highest BCUT2D eigenvalue weighted by Crippen LogP contribution is 2.29. The van der Waals surface area contributed by atoms with E-state index in [9.17, 15) is 21.6 Å². The molecule has 0 amide bonds. The molecule has 0 unspecified atom stereocenters. The molecule has 0 radical (unpaired) electrons. The predicted molar refractivity (Wildman–Crippen MR) is 76.3 cm³/mol. The molecule has 2 aromatic rings. The molecule has 112 valence electrons. The molecule has 0 heterocycles. The zero-order valence-electron chi connectivity index (χ0n) is 10.0. The van der Waals surface area contributed by atoms with Crippen molar-refractivity contribution in [2.45, 2.75) is 4.90 Å². The van der Waals surface area contributed by atoms with Gasteiger partial charge in [0.05, 0.1) is 5.69 Å². The second-order valence-corrected chi connectivity index (χ2v) is 6.84.